The van der Waals surface area contributed by atoms with Crippen molar-refractivity contribution in [2.24, 2.45) is 0 Å². The van der Waals surface area contributed by atoms with Crippen LogP contribution in [0.1, 0.15) is 28.2 Å². The Kier molecular flexibility index (Phi) is 5.18. The van der Waals surface area contributed by atoms with Crippen molar-refractivity contribution in [3.05, 3.63) is 77.4 Å². The number of H-pyrrole nitrogens is 1. The number of aromatic amines is 1. The number of nitriles is 1. The predicted octanol–water partition coefficient (Wildman–Crippen LogP) is 3.31. The van der Waals surface area contributed by atoms with Gasteiger partial charge in [0, 0.05) is 17.4 Å². The minimum Gasteiger partial charge on any atom is -0.382 e. The zero-order valence-corrected chi connectivity index (χ0v) is 16.0. The van der Waals surface area contributed by atoms with Gasteiger partial charge < -0.3 is 16.0 Å². The molecule has 2 aromatic heterocycles. The van der Waals surface area contributed by atoms with Crippen LogP contribution in [0.4, 0.5) is 10.2 Å². The van der Waals surface area contributed by atoms with Gasteiger partial charge in [-0.25, -0.2) is 9.07 Å². The molecule has 0 spiro atoms. The van der Waals surface area contributed by atoms with E-state index < -0.39 is 0 Å². The summed E-state index contributed by atoms with van der Waals surface area (Å²) in [5.74, 6) is -0.347. The van der Waals surface area contributed by atoms with E-state index >= 15 is 0 Å². The van der Waals surface area contributed by atoms with Gasteiger partial charge in [-0.2, -0.15) is 10.4 Å². The molecule has 0 radical (unpaired) electrons. The molecule has 0 saturated heterocycles. The molecule has 0 aliphatic rings. The van der Waals surface area contributed by atoms with E-state index in [-0.39, 0.29) is 17.5 Å². The molecule has 0 aliphatic carbocycles. The topological polar surface area (TPSA) is 113 Å². The number of nitrogens with zero attached hydrogens (tertiary/aromatic N) is 3. The van der Waals surface area contributed by atoms with Crippen LogP contribution in [0.2, 0.25) is 0 Å². The van der Waals surface area contributed by atoms with Crippen LogP contribution in [0.3, 0.4) is 0 Å². The first-order chi connectivity index (χ1) is 14.6. The Morgan fingerprint density at radius 2 is 2.00 bits per heavy atom. The van der Waals surface area contributed by atoms with E-state index in [0.717, 1.165) is 10.9 Å². The Balaban J connectivity index is 1.40. The Bertz CT molecular complexity index is 1220. The van der Waals surface area contributed by atoms with Crippen molar-refractivity contribution in [1.82, 2.24) is 20.1 Å². The van der Waals surface area contributed by atoms with E-state index in [4.69, 9.17) is 5.73 Å². The molecule has 30 heavy (non-hydrogen) atoms. The molecule has 0 unspecified atom stereocenters. The summed E-state index contributed by atoms with van der Waals surface area (Å²) in [5, 5.41) is 17.7. The highest BCUT2D eigenvalue weighted by molar-refractivity contribution is 5.97. The van der Waals surface area contributed by atoms with Crippen LogP contribution in [0.15, 0.2) is 54.6 Å². The number of carbonyl (C=O) groups excluding carboxylic acids is 1. The van der Waals surface area contributed by atoms with Crippen LogP contribution in [-0.4, -0.2) is 27.2 Å². The fraction of sp³-hybridized carbons (Fsp3) is 0.136. The van der Waals surface area contributed by atoms with E-state index in [1.807, 2.05) is 30.3 Å². The standard InChI is InChI=1S/C22H19FN6O/c23-15-7-9-16(10-8-15)29-21(25)17(13-24)19(28-29)6-3-11-26-22(30)20-12-14-4-1-2-5-18(14)27-20/h1-2,4-5,7-10,12,27H,3,6,11,25H2,(H,26,30). The minimum atomic E-state index is -0.365. The molecule has 4 rings (SSSR count). The molecule has 1 amide bonds. The lowest BCUT2D eigenvalue weighted by molar-refractivity contribution is 0.0949. The molecule has 150 valence electrons. The van der Waals surface area contributed by atoms with E-state index in [2.05, 4.69) is 21.5 Å². The molecule has 2 heterocycles. The van der Waals surface area contributed by atoms with Gasteiger partial charge >= 0.3 is 0 Å². The maximum absolute atomic E-state index is 13.2. The SMILES string of the molecule is N#Cc1c(CCCNC(=O)c2cc3ccccc3[nH]2)nn(-c2ccc(F)cc2)c1N. The number of aromatic nitrogens is 3. The lowest BCUT2D eigenvalue weighted by atomic mass is 10.1. The molecule has 0 fully saturated rings. The molecule has 2 aromatic carbocycles. The first-order valence-electron chi connectivity index (χ1n) is 9.46. The third kappa shape index (κ3) is 3.73. The van der Waals surface area contributed by atoms with Crippen molar-refractivity contribution in [2.75, 3.05) is 12.3 Å². The summed E-state index contributed by atoms with van der Waals surface area (Å²) < 4.78 is 14.6. The van der Waals surface area contributed by atoms with Crippen molar-refractivity contribution in [3.63, 3.8) is 0 Å². The number of hydrogen-bond acceptors (Lipinski definition) is 4. The van der Waals surface area contributed by atoms with Crippen molar-refractivity contribution in [3.8, 4) is 11.8 Å². The first kappa shape index (κ1) is 19.2. The van der Waals surface area contributed by atoms with Crippen molar-refractivity contribution in [2.45, 2.75) is 12.8 Å². The number of hydrogen-bond donors (Lipinski definition) is 3. The largest absolute Gasteiger partial charge is 0.382 e. The second kappa shape index (κ2) is 8.09. The van der Waals surface area contributed by atoms with E-state index in [1.165, 1.54) is 16.8 Å². The number of carbonyl (C=O) groups is 1. The number of nitrogens with two attached hydrogens (primary N) is 1. The second-order valence-corrected chi connectivity index (χ2v) is 6.84. The summed E-state index contributed by atoms with van der Waals surface area (Å²) in [6, 6.07) is 17.3. The number of para-hydroxylation sites is 1. The predicted molar refractivity (Wildman–Crippen MR) is 112 cm³/mol. The molecule has 0 saturated carbocycles. The lowest BCUT2D eigenvalue weighted by Crippen LogP contribution is -2.25. The van der Waals surface area contributed by atoms with Crippen molar-refractivity contribution < 1.29 is 9.18 Å². The van der Waals surface area contributed by atoms with Crippen LogP contribution in [0.25, 0.3) is 16.6 Å². The summed E-state index contributed by atoms with van der Waals surface area (Å²) in [6.07, 6.45) is 1.05. The third-order valence-corrected chi connectivity index (χ3v) is 4.83. The van der Waals surface area contributed by atoms with Gasteiger partial charge in [0.2, 0.25) is 0 Å². The highest BCUT2D eigenvalue weighted by atomic mass is 19.1. The van der Waals surface area contributed by atoms with Gasteiger partial charge in [-0.3, -0.25) is 4.79 Å². The van der Waals surface area contributed by atoms with Gasteiger partial charge in [0.1, 0.15) is 29.0 Å². The van der Waals surface area contributed by atoms with Crippen LogP contribution in [-0.2, 0) is 6.42 Å². The number of aryl methyl sites for hydroxylation is 1. The zero-order valence-electron chi connectivity index (χ0n) is 16.0. The maximum Gasteiger partial charge on any atom is 0.267 e. The molecule has 4 aromatic rings. The summed E-state index contributed by atoms with van der Waals surface area (Å²) >= 11 is 0. The molecule has 0 aliphatic heterocycles. The number of fused-ring (bicyclic) bond motifs is 1. The highest BCUT2D eigenvalue weighted by Crippen LogP contribution is 2.22. The van der Waals surface area contributed by atoms with Crippen molar-refractivity contribution >= 4 is 22.6 Å². The quantitative estimate of drug-likeness (QED) is 0.430. The number of benzene rings is 2. The molecular weight excluding hydrogens is 383 g/mol. The lowest BCUT2D eigenvalue weighted by Gasteiger charge is -2.03. The Hall–Kier alpha value is -4.12. The second-order valence-electron chi connectivity index (χ2n) is 6.84. The van der Waals surface area contributed by atoms with Gasteiger partial charge in [-0.05, 0) is 49.2 Å². The molecule has 0 atom stereocenters. The first-order valence-corrected chi connectivity index (χ1v) is 9.46. The van der Waals surface area contributed by atoms with Crippen molar-refractivity contribution in [1.29, 1.82) is 5.26 Å². The Morgan fingerprint density at radius 1 is 1.23 bits per heavy atom. The molecule has 0 bridgehead atoms. The summed E-state index contributed by atoms with van der Waals surface area (Å²) in [6.45, 7) is 0.419. The fourth-order valence-electron chi connectivity index (χ4n) is 3.30. The maximum atomic E-state index is 13.2. The van der Waals surface area contributed by atoms with Gasteiger partial charge in [0.05, 0.1) is 11.4 Å². The number of anilines is 1. The Morgan fingerprint density at radius 3 is 2.73 bits per heavy atom. The van der Waals surface area contributed by atoms with Gasteiger partial charge in [0.25, 0.3) is 5.91 Å². The normalized spacial score (nSPS) is 10.8. The smallest absolute Gasteiger partial charge is 0.267 e. The van der Waals surface area contributed by atoms with Crippen LogP contribution in [0, 0.1) is 17.1 Å². The molecule has 7 nitrogen and oxygen atoms in total. The van der Waals surface area contributed by atoms with Crippen LogP contribution < -0.4 is 11.1 Å². The summed E-state index contributed by atoms with van der Waals surface area (Å²) in [4.78, 5) is 15.4. The summed E-state index contributed by atoms with van der Waals surface area (Å²) in [5.41, 5.74) is 8.87. The molecular formula is C22H19FN6O. The monoisotopic (exact) mass is 402 g/mol. The molecule has 8 heteroatoms. The van der Waals surface area contributed by atoms with E-state index in [0.29, 0.717) is 42.0 Å². The Labute approximate surface area is 171 Å². The van der Waals surface area contributed by atoms with Crippen LogP contribution in [0.5, 0.6) is 0 Å². The minimum absolute atomic E-state index is 0.192. The van der Waals surface area contributed by atoms with Gasteiger partial charge in [0.15, 0.2) is 0 Å². The zero-order chi connectivity index (χ0) is 21.1. The number of rotatable bonds is 6. The number of nitrogen functional groups attached to an aromatic ring is 1. The average Bonchev–Trinajstić information content (AvgIpc) is 3.32. The van der Waals surface area contributed by atoms with E-state index in [1.54, 1.807) is 12.1 Å². The third-order valence-electron chi connectivity index (χ3n) is 4.83. The average molecular weight is 402 g/mol. The number of nitrogens with one attached hydrogen (secondary N) is 2. The van der Waals surface area contributed by atoms with E-state index in [9.17, 15) is 14.4 Å². The van der Waals surface area contributed by atoms with Gasteiger partial charge in [-0.15, -0.1) is 0 Å². The van der Waals surface area contributed by atoms with Crippen LogP contribution >= 0.6 is 0 Å². The molecule has 4 N–H and O–H groups in total. The number of halogens is 1. The van der Waals surface area contributed by atoms with Gasteiger partial charge in [-0.1, -0.05) is 18.2 Å². The fourth-order valence-corrected chi connectivity index (χ4v) is 3.30. The number of amides is 1. The summed E-state index contributed by atoms with van der Waals surface area (Å²) in [7, 11) is 0. The highest BCUT2D eigenvalue weighted by Gasteiger charge is 2.16.